The van der Waals surface area contributed by atoms with Crippen LogP contribution in [0.2, 0.25) is 5.02 Å². The summed E-state index contributed by atoms with van der Waals surface area (Å²) in [6, 6.07) is 13.6. The molecular weight excluding hydrogens is 497 g/mol. The summed E-state index contributed by atoms with van der Waals surface area (Å²) in [5.41, 5.74) is 3.49. The van der Waals surface area contributed by atoms with Gasteiger partial charge in [-0.25, -0.2) is 14.2 Å². The molecule has 0 spiro atoms. The minimum atomic E-state index is -0.580. The van der Waals surface area contributed by atoms with E-state index in [0.717, 1.165) is 29.8 Å². The molecule has 3 amide bonds. The number of halogens is 2. The lowest BCUT2D eigenvalue weighted by molar-refractivity contribution is -0.115. The summed E-state index contributed by atoms with van der Waals surface area (Å²) in [6.45, 7) is 0.285. The van der Waals surface area contributed by atoms with Crippen molar-refractivity contribution in [1.82, 2.24) is 25.2 Å². The van der Waals surface area contributed by atoms with Gasteiger partial charge in [-0.05, 0) is 48.2 Å². The van der Waals surface area contributed by atoms with Crippen LogP contribution in [0.5, 0.6) is 0 Å². The highest BCUT2D eigenvalue weighted by atomic mass is 35.5. The predicted molar refractivity (Wildman–Crippen MR) is 138 cm³/mol. The molecule has 4 aromatic rings. The van der Waals surface area contributed by atoms with Gasteiger partial charge in [-0.15, -0.1) is 0 Å². The third kappa shape index (κ3) is 4.70. The van der Waals surface area contributed by atoms with Crippen molar-refractivity contribution in [2.75, 3.05) is 10.6 Å². The van der Waals surface area contributed by atoms with Gasteiger partial charge in [-0.1, -0.05) is 35.9 Å². The van der Waals surface area contributed by atoms with Crippen LogP contribution in [-0.2, 0) is 11.3 Å². The fraction of sp³-hybridized carbons (Fsp3) is 0.154. The standard InChI is InChI=1S/C26H21ClFN7O2/c27-20-4-2-1-3-19(20)18-8-5-16(28)9-14(18)12-29-22-11-23(31-17-6-7-17)35-24(33-22)15(13-30-35)10-21-25(36)34-26(37)32-21/h1-5,8-11,13,17,31H,6-7,12H2,(H,29,33)(H2,32,34,36,37). The van der Waals surface area contributed by atoms with E-state index in [-0.39, 0.29) is 18.1 Å². The van der Waals surface area contributed by atoms with Gasteiger partial charge in [0.2, 0.25) is 0 Å². The number of urea groups is 1. The molecule has 0 atom stereocenters. The van der Waals surface area contributed by atoms with Crippen LogP contribution in [0.15, 0.2) is 60.4 Å². The molecule has 0 unspecified atom stereocenters. The molecule has 1 aliphatic carbocycles. The lowest BCUT2D eigenvalue weighted by Crippen LogP contribution is -2.22. The number of amides is 3. The van der Waals surface area contributed by atoms with Gasteiger partial charge in [0.1, 0.15) is 23.1 Å². The molecule has 2 aliphatic rings. The van der Waals surface area contributed by atoms with E-state index < -0.39 is 11.9 Å². The number of nitrogens with one attached hydrogen (secondary N) is 4. The molecule has 6 rings (SSSR count). The lowest BCUT2D eigenvalue weighted by atomic mass is 9.99. The largest absolute Gasteiger partial charge is 0.367 e. The monoisotopic (exact) mass is 517 g/mol. The van der Waals surface area contributed by atoms with Crippen molar-refractivity contribution in [3.63, 3.8) is 0 Å². The number of carbonyl (C=O) groups excluding carboxylic acids is 2. The Balaban J connectivity index is 1.36. The first kappa shape index (κ1) is 23.0. The van der Waals surface area contributed by atoms with Gasteiger partial charge in [0, 0.05) is 34.8 Å². The van der Waals surface area contributed by atoms with Gasteiger partial charge in [0.25, 0.3) is 5.91 Å². The Hall–Kier alpha value is -4.44. The zero-order valence-electron chi connectivity index (χ0n) is 19.4. The summed E-state index contributed by atoms with van der Waals surface area (Å²) < 4.78 is 15.9. The molecule has 0 radical (unpaired) electrons. The maximum atomic E-state index is 14.2. The van der Waals surface area contributed by atoms with Crippen LogP contribution in [0, 0.1) is 5.82 Å². The number of anilines is 2. The first-order valence-electron chi connectivity index (χ1n) is 11.7. The van der Waals surface area contributed by atoms with Gasteiger partial charge >= 0.3 is 6.03 Å². The van der Waals surface area contributed by atoms with Crippen LogP contribution in [-0.4, -0.2) is 32.6 Å². The molecule has 2 aromatic heterocycles. The average molecular weight is 518 g/mol. The molecule has 1 aliphatic heterocycles. The van der Waals surface area contributed by atoms with Crippen molar-refractivity contribution in [2.45, 2.75) is 25.4 Å². The van der Waals surface area contributed by atoms with E-state index in [0.29, 0.717) is 33.7 Å². The first-order valence-corrected chi connectivity index (χ1v) is 12.1. The maximum Gasteiger partial charge on any atom is 0.326 e. The third-order valence-electron chi connectivity index (χ3n) is 6.14. The van der Waals surface area contributed by atoms with Crippen molar-refractivity contribution >= 4 is 46.9 Å². The summed E-state index contributed by atoms with van der Waals surface area (Å²) in [5.74, 6) is 0.386. The maximum absolute atomic E-state index is 14.2. The summed E-state index contributed by atoms with van der Waals surface area (Å²) in [7, 11) is 0. The van der Waals surface area contributed by atoms with Gasteiger partial charge in [-0.3, -0.25) is 10.1 Å². The van der Waals surface area contributed by atoms with Gasteiger partial charge in [0.15, 0.2) is 5.65 Å². The second kappa shape index (κ2) is 9.21. The molecule has 11 heteroatoms. The lowest BCUT2D eigenvalue weighted by Gasteiger charge is -2.14. The van der Waals surface area contributed by atoms with Crippen molar-refractivity contribution in [3.05, 3.63) is 82.4 Å². The Bertz CT molecular complexity index is 1600. The molecule has 4 N–H and O–H groups in total. The van der Waals surface area contributed by atoms with Crippen LogP contribution in [0.4, 0.5) is 20.8 Å². The van der Waals surface area contributed by atoms with E-state index in [9.17, 15) is 14.0 Å². The zero-order chi connectivity index (χ0) is 25.5. The summed E-state index contributed by atoms with van der Waals surface area (Å²) >= 11 is 6.42. The highest BCUT2D eigenvalue weighted by molar-refractivity contribution is 6.33. The van der Waals surface area contributed by atoms with Crippen LogP contribution < -0.4 is 21.3 Å². The van der Waals surface area contributed by atoms with Crippen molar-refractivity contribution in [3.8, 4) is 11.1 Å². The topological polar surface area (TPSA) is 112 Å². The smallest absolute Gasteiger partial charge is 0.326 e. The number of hydrogen-bond donors (Lipinski definition) is 4. The number of aromatic nitrogens is 3. The van der Waals surface area contributed by atoms with Crippen molar-refractivity contribution in [2.24, 2.45) is 0 Å². The summed E-state index contributed by atoms with van der Waals surface area (Å²) in [4.78, 5) is 28.2. The number of fused-ring (bicyclic) bond motifs is 1. The van der Waals surface area contributed by atoms with E-state index in [1.54, 1.807) is 22.8 Å². The molecule has 37 heavy (non-hydrogen) atoms. The Morgan fingerprint density at radius 1 is 1.11 bits per heavy atom. The molecule has 2 aromatic carbocycles. The van der Waals surface area contributed by atoms with E-state index in [1.165, 1.54) is 18.2 Å². The van der Waals surface area contributed by atoms with Crippen LogP contribution in [0.25, 0.3) is 22.9 Å². The van der Waals surface area contributed by atoms with E-state index in [4.69, 9.17) is 16.6 Å². The van der Waals surface area contributed by atoms with Crippen LogP contribution in [0.3, 0.4) is 0 Å². The molecule has 186 valence electrons. The highest BCUT2D eigenvalue weighted by Gasteiger charge is 2.25. The second-order valence-corrected chi connectivity index (χ2v) is 9.29. The fourth-order valence-electron chi connectivity index (χ4n) is 4.19. The average Bonchev–Trinajstić information content (AvgIpc) is 3.51. The zero-order valence-corrected chi connectivity index (χ0v) is 20.1. The molecule has 2 fully saturated rings. The van der Waals surface area contributed by atoms with E-state index in [2.05, 4.69) is 26.4 Å². The molecule has 1 saturated carbocycles. The molecule has 3 heterocycles. The summed E-state index contributed by atoms with van der Waals surface area (Å²) in [5, 5.41) is 16.4. The summed E-state index contributed by atoms with van der Waals surface area (Å²) in [6.07, 6.45) is 5.22. The number of benzene rings is 2. The Kier molecular flexibility index (Phi) is 5.72. The minimum Gasteiger partial charge on any atom is -0.367 e. The van der Waals surface area contributed by atoms with Gasteiger partial charge in [-0.2, -0.15) is 9.61 Å². The number of carbonyl (C=O) groups is 2. The fourth-order valence-corrected chi connectivity index (χ4v) is 4.42. The predicted octanol–water partition coefficient (Wildman–Crippen LogP) is 4.56. The van der Waals surface area contributed by atoms with Crippen molar-refractivity contribution < 1.29 is 14.0 Å². The Morgan fingerprint density at radius 2 is 1.95 bits per heavy atom. The van der Waals surface area contributed by atoms with Gasteiger partial charge < -0.3 is 16.0 Å². The number of imide groups is 1. The SMILES string of the molecule is O=C1NC(=O)C(=Cc2cnn3c(NC4CC4)cc(NCc4cc(F)ccc4-c4ccccc4Cl)nc23)N1. The van der Waals surface area contributed by atoms with E-state index in [1.807, 2.05) is 24.3 Å². The van der Waals surface area contributed by atoms with E-state index >= 15 is 0 Å². The minimum absolute atomic E-state index is 0.112. The van der Waals surface area contributed by atoms with Crippen LogP contribution in [0.1, 0.15) is 24.0 Å². The van der Waals surface area contributed by atoms with Crippen LogP contribution >= 0.6 is 11.6 Å². The molecule has 0 bridgehead atoms. The number of hydrogen-bond acceptors (Lipinski definition) is 6. The molecule has 9 nitrogen and oxygen atoms in total. The van der Waals surface area contributed by atoms with Gasteiger partial charge in [0.05, 0.1) is 6.20 Å². The normalized spacial score (nSPS) is 16.2. The third-order valence-corrected chi connectivity index (χ3v) is 6.47. The molecule has 1 saturated heterocycles. The quantitative estimate of drug-likeness (QED) is 0.211. The number of nitrogens with zero attached hydrogens (tertiary/aromatic N) is 3. The Labute approximate surface area is 215 Å². The van der Waals surface area contributed by atoms with Crippen molar-refractivity contribution in [1.29, 1.82) is 0 Å². The highest BCUT2D eigenvalue weighted by Crippen LogP contribution is 2.32. The first-order chi connectivity index (χ1) is 17.9. The number of rotatable bonds is 7. The second-order valence-electron chi connectivity index (χ2n) is 8.88. The Morgan fingerprint density at radius 3 is 2.70 bits per heavy atom. The molecular formula is C26H21ClFN7O2.